The average molecular weight is 322 g/mol. The van der Waals surface area contributed by atoms with Gasteiger partial charge in [0.25, 0.3) is 5.91 Å². The van der Waals surface area contributed by atoms with Gasteiger partial charge in [0.1, 0.15) is 5.75 Å². The summed E-state index contributed by atoms with van der Waals surface area (Å²) in [7, 11) is 1.57. The monoisotopic (exact) mass is 322 g/mol. The van der Waals surface area contributed by atoms with Crippen LogP contribution in [0.15, 0.2) is 48.7 Å². The molecule has 1 amide bonds. The van der Waals surface area contributed by atoms with Crippen LogP contribution in [-0.2, 0) is 0 Å². The standard InChI is InChI=1S/C19H18N2O3/c1-12-5-4-6-14(9-12)20-19(23)17-11-21(13(2)22)18-8-7-15(24-3)10-16(17)18/h4-11H,1-3H3,(H,20,23). The first-order valence-electron chi connectivity index (χ1n) is 7.57. The quantitative estimate of drug-likeness (QED) is 0.796. The van der Waals surface area contributed by atoms with Gasteiger partial charge in [0.05, 0.1) is 18.2 Å². The van der Waals surface area contributed by atoms with E-state index in [1.54, 1.807) is 31.5 Å². The lowest BCUT2D eigenvalue weighted by molar-refractivity contribution is 0.0941. The number of aryl methyl sites for hydroxylation is 1. The molecule has 1 N–H and O–H groups in total. The summed E-state index contributed by atoms with van der Waals surface area (Å²) in [6.07, 6.45) is 1.57. The van der Waals surface area contributed by atoms with E-state index < -0.39 is 0 Å². The molecule has 0 saturated heterocycles. The number of carbonyl (C=O) groups is 2. The van der Waals surface area contributed by atoms with Gasteiger partial charge in [-0.25, -0.2) is 0 Å². The number of benzene rings is 2. The van der Waals surface area contributed by atoms with Crippen LogP contribution in [0.5, 0.6) is 5.75 Å². The number of nitrogens with zero attached hydrogens (tertiary/aromatic N) is 1. The van der Waals surface area contributed by atoms with E-state index in [-0.39, 0.29) is 11.8 Å². The van der Waals surface area contributed by atoms with Crippen molar-refractivity contribution in [1.29, 1.82) is 0 Å². The van der Waals surface area contributed by atoms with Gasteiger partial charge in [0.15, 0.2) is 0 Å². The Bertz CT molecular complexity index is 941. The number of hydrogen-bond acceptors (Lipinski definition) is 3. The van der Waals surface area contributed by atoms with Crippen molar-refractivity contribution >= 4 is 28.4 Å². The first-order valence-corrected chi connectivity index (χ1v) is 7.57. The van der Waals surface area contributed by atoms with E-state index in [9.17, 15) is 9.59 Å². The smallest absolute Gasteiger partial charge is 0.257 e. The van der Waals surface area contributed by atoms with Gasteiger partial charge >= 0.3 is 0 Å². The minimum atomic E-state index is -0.265. The molecule has 0 bridgehead atoms. The van der Waals surface area contributed by atoms with Gasteiger partial charge in [-0.3, -0.25) is 14.2 Å². The van der Waals surface area contributed by atoms with E-state index >= 15 is 0 Å². The van der Waals surface area contributed by atoms with Crippen molar-refractivity contribution in [3.8, 4) is 5.75 Å². The fourth-order valence-corrected chi connectivity index (χ4v) is 2.70. The van der Waals surface area contributed by atoms with Crippen molar-refractivity contribution in [3.63, 3.8) is 0 Å². The normalized spacial score (nSPS) is 10.6. The van der Waals surface area contributed by atoms with Gasteiger partial charge in [-0.15, -0.1) is 0 Å². The Labute approximate surface area is 139 Å². The third-order valence-corrected chi connectivity index (χ3v) is 3.87. The molecule has 0 atom stereocenters. The highest BCUT2D eigenvalue weighted by atomic mass is 16.5. The van der Waals surface area contributed by atoms with Crippen molar-refractivity contribution in [2.24, 2.45) is 0 Å². The van der Waals surface area contributed by atoms with E-state index in [1.807, 2.05) is 31.2 Å². The molecule has 1 aromatic heterocycles. The Morgan fingerprint density at radius 1 is 1.12 bits per heavy atom. The fourth-order valence-electron chi connectivity index (χ4n) is 2.70. The van der Waals surface area contributed by atoms with Crippen LogP contribution < -0.4 is 10.1 Å². The number of carbonyl (C=O) groups excluding carboxylic acids is 2. The number of methoxy groups -OCH3 is 1. The zero-order chi connectivity index (χ0) is 17.3. The second-order valence-electron chi connectivity index (χ2n) is 5.64. The number of fused-ring (bicyclic) bond motifs is 1. The molecule has 5 nitrogen and oxygen atoms in total. The van der Waals surface area contributed by atoms with Crippen molar-refractivity contribution in [2.45, 2.75) is 13.8 Å². The molecular weight excluding hydrogens is 304 g/mol. The Morgan fingerprint density at radius 2 is 1.92 bits per heavy atom. The molecule has 1 heterocycles. The zero-order valence-corrected chi connectivity index (χ0v) is 13.8. The van der Waals surface area contributed by atoms with Gasteiger partial charge in [-0.2, -0.15) is 0 Å². The lowest BCUT2D eigenvalue weighted by Crippen LogP contribution is -2.12. The number of aromatic nitrogens is 1. The van der Waals surface area contributed by atoms with Gasteiger partial charge in [0.2, 0.25) is 5.91 Å². The molecular formula is C19H18N2O3. The molecule has 3 aromatic rings. The summed E-state index contributed by atoms with van der Waals surface area (Å²) in [6.45, 7) is 3.42. The van der Waals surface area contributed by atoms with E-state index in [1.165, 1.54) is 11.5 Å². The Balaban J connectivity index is 2.07. The molecule has 2 aromatic carbocycles. The van der Waals surface area contributed by atoms with Crippen molar-refractivity contribution < 1.29 is 14.3 Å². The van der Waals surface area contributed by atoms with Gasteiger partial charge in [-0.1, -0.05) is 12.1 Å². The number of nitrogens with one attached hydrogen (secondary N) is 1. The van der Waals surface area contributed by atoms with Crippen LogP contribution >= 0.6 is 0 Å². The summed E-state index contributed by atoms with van der Waals surface area (Å²) in [5, 5.41) is 3.55. The predicted molar refractivity (Wildman–Crippen MR) is 93.9 cm³/mol. The van der Waals surface area contributed by atoms with Crippen LogP contribution in [0.2, 0.25) is 0 Å². The Morgan fingerprint density at radius 3 is 2.58 bits per heavy atom. The molecule has 0 saturated carbocycles. The second-order valence-corrected chi connectivity index (χ2v) is 5.64. The molecule has 122 valence electrons. The second kappa shape index (κ2) is 6.20. The van der Waals surface area contributed by atoms with Crippen LogP contribution in [0.1, 0.15) is 27.6 Å². The predicted octanol–water partition coefficient (Wildman–Crippen LogP) is 3.87. The van der Waals surface area contributed by atoms with Crippen LogP contribution in [0.3, 0.4) is 0 Å². The largest absolute Gasteiger partial charge is 0.497 e. The lowest BCUT2D eigenvalue weighted by atomic mass is 10.1. The number of anilines is 1. The van der Waals surface area contributed by atoms with E-state index in [0.29, 0.717) is 27.9 Å². The summed E-state index contributed by atoms with van der Waals surface area (Å²) >= 11 is 0. The molecule has 5 heteroatoms. The highest BCUT2D eigenvalue weighted by Crippen LogP contribution is 2.27. The van der Waals surface area contributed by atoms with Crippen molar-refractivity contribution in [3.05, 3.63) is 59.8 Å². The summed E-state index contributed by atoms with van der Waals surface area (Å²) in [4.78, 5) is 24.6. The Kier molecular flexibility index (Phi) is 4.08. The van der Waals surface area contributed by atoms with Crippen molar-refractivity contribution in [1.82, 2.24) is 4.57 Å². The molecule has 0 radical (unpaired) electrons. The van der Waals surface area contributed by atoms with Crippen molar-refractivity contribution in [2.75, 3.05) is 12.4 Å². The number of ether oxygens (including phenoxy) is 1. The summed E-state index contributed by atoms with van der Waals surface area (Å²) in [5.74, 6) is 0.215. The minimum absolute atomic E-state index is 0.153. The first-order chi connectivity index (χ1) is 11.5. The maximum atomic E-state index is 12.7. The number of amides is 1. The number of rotatable bonds is 3. The van der Waals surface area contributed by atoms with Gasteiger partial charge < -0.3 is 10.1 Å². The summed E-state index contributed by atoms with van der Waals surface area (Å²) in [6, 6.07) is 12.9. The van der Waals surface area contributed by atoms with E-state index in [0.717, 1.165) is 5.56 Å². The molecule has 0 aliphatic carbocycles. The number of hydrogen-bond donors (Lipinski definition) is 1. The molecule has 0 spiro atoms. The molecule has 24 heavy (non-hydrogen) atoms. The van der Waals surface area contributed by atoms with Gasteiger partial charge in [0, 0.05) is 24.2 Å². The minimum Gasteiger partial charge on any atom is -0.497 e. The van der Waals surface area contributed by atoms with Crippen LogP contribution in [-0.4, -0.2) is 23.5 Å². The highest BCUT2D eigenvalue weighted by molar-refractivity contribution is 6.14. The molecule has 0 unspecified atom stereocenters. The third kappa shape index (κ3) is 2.88. The summed E-state index contributed by atoms with van der Waals surface area (Å²) in [5.41, 5.74) is 2.88. The molecule has 0 fully saturated rings. The van der Waals surface area contributed by atoms with Crippen LogP contribution in [0.25, 0.3) is 10.9 Å². The molecule has 0 aliphatic rings. The highest BCUT2D eigenvalue weighted by Gasteiger charge is 2.17. The molecule has 3 rings (SSSR count). The van der Waals surface area contributed by atoms with E-state index in [4.69, 9.17) is 4.74 Å². The third-order valence-electron chi connectivity index (χ3n) is 3.87. The van der Waals surface area contributed by atoms with Gasteiger partial charge in [-0.05, 0) is 42.8 Å². The molecule has 0 aliphatic heterocycles. The van der Waals surface area contributed by atoms with Crippen LogP contribution in [0, 0.1) is 6.92 Å². The van der Waals surface area contributed by atoms with Crippen LogP contribution in [0.4, 0.5) is 5.69 Å². The maximum absolute atomic E-state index is 12.7. The zero-order valence-electron chi connectivity index (χ0n) is 13.8. The first kappa shape index (κ1) is 15.8. The maximum Gasteiger partial charge on any atom is 0.257 e. The van der Waals surface area contributed by atoms with E-state index in [2.05, 4.69) is 5.32 Å². The Hall–Kier alpha value is -3.08. The summed E-state index contributed by atoms with van der Waals surface area (Å²) < 4.78 is 6.71. The topological polar surface area (TPSA) is 60.3 Å². The SMILES string of the molecule is COc1ccc2c(c1)c(C(=O)Nc1cccc(C)c1)cn2C(C)=O. The average Bonchev–Trinajstić information content (AvgIpc) is 2.93. The fraction of sp³-hybridized carbons (Fsp3) is 0.158. The lowest BCUT2D eigenvalue weighted by Gasteiger charge is -2.05.